The predicted octanol–water partition coefficient (Wildman–Crippen LogP) is 11.7. The van der Waals surface area contributed by atoms with Gasteiger partial charge >= 0.3 is 0 Å². The van der Waals surface area contributed by atoms with Crippen LogP contribution < -0.4 is 4.57 Å². The molecule has 0 saturated heterocycles. The number of benzene rings is 6. The van der Waals surface area contributed by atoms with Crippen molar-refractivity contribution in [1.29, 1.82) is 0 Å². The number of pyridine rings is 1. The SMILES string of the molecule is [2H]C([2H])([2H])c1cc(-c2ccc(-c3ccccc3)cc2)ccc1-c1cc(-c2c(C)ccc3c2oc2c(-c4ccccc4)cccc23)[n+](C)cc1C([2H])([2H])[2H]. The van der Waals surface area contributed by atoms with Gasteiger partial charge in [-0.1, -0.05) is 133 Å². The molecule has 0 aliphatic heterocycles. The molecule has 8 aromatic rings. The van der Waals surface area contributed by atoms with Crippen molar-refractivity contribution < 1.29 is 17.2 Å². The topological polar surface area (TPSA) is 17.0 Å². The Kier molecular flexibility index (Phi) is 5.59. The van der Waals surface area contributed by atoms with E-state index in [4.69, 9.17) is 12.6 Å². The van der Waals surface area contributed by atoms with Crippen LogP contribution in [0.5, 0.6) is 0 Å². The molecule has 2 heterocycles. The van der Waals surface area contributed by atoms with E-state index < -0.39 is 13.7 Å². The van der Waals surface area contributed by atoms with Gasteiger partial charge in [0.2, 0.25) is 5.69 Å². The molecule has 2 heteroatoms. The Labute approximate surface area is 284 Å². The fourth-order valence-corrected chi connectivity index (χ4v) is 6.69. The third-order valence-electron chi connectivity index (χ3n) is 9.13. The quantitative estimate of drug-likeness (QED) is 0.177. The van der Waals surface area contributed by atoms with Gasteiger partial charge in [0.15, 0.2) is 6.20 Å². The second-order valence-electron chi connectivity index (χ2n) is 12.1. The lowest BCUT2D eigenvalue weighted by molar-refractivity contribution is -0.660. The molecule has 0 atom stereocenters. The highest BCUT2D eigenvalue weighted by atomic mass is 16.3. The summed E-state index contributed by atoms with van der Waals surface area (Å²) in [7, 11) is 1.82. The van der Waals surface area contributed by atoms with Crippen molar-refractivity contribution >= 4 is 21.9 Å². The number of nitrogens with zero attached hydrogens (tertiary/aromatic N) is 1. The van der Waals surface area contributed by atoms with Crippen molar-refractivity contribution in [1.82, 2.24) is 0 Å². The van der Waals surface area contributed by atoms with Crippen molar-refractivity contribution in [2.24, 2.45) is 7.05 Å². The lowest BCUT2D eigenvalue weighted by Gasteiger charge is -2.14. The van der Waals surface area contributed by atoms with Crippen molar-refractivity contribution in [2.75, 3.05) is 0 Å². The fourth-order valence-electron chi connectivity index (χ4n) is 6.69. The van der Waals surface area contributed by atoms with Crippen LogP contribution in [-0.4, -0.2) is 0 Å². The number of para-hydroxylation sites is 1. The first-order chi connectivity index (χ1) is 25.4. The summed E-state index contributed by atoms with van der Waals surface area (Å²) in [6, 6.07) is 45.5. The van der Waals surface area contributed by atoms with Crippen molar-refractivity contribution in [3.05, 3.63) is 162 Å². The van der Waals surface area contributed by atoms with Crippen LogP contribution in [0.4, 0.5) is 0 Å². The summed E-state index contributed by atoms with van der Waals surface area (Å²) in [4.78, 5) is 0. The number of hydrogen-bond acceptors (Lipinski definition) is 1. The Morgan fingerprint density at radius 3 is 1.85 bits per heavy atom. The van der Waals surface area contributed by atoms with E-state index in [1.807, 2.05) is 117 Å². The normalized spacial score (nSPS) is 13.8. The van der Waals surface area contributed by atoms with E-state index in [0.717, 1.165) is 60.9 Å². The van der Waals surface area contributed by atoms with E-state index in [0.29, 0.717) is 22.4 Å². The summed E-state index contributed by atoms with van der Waals surface area (Å²) in [6.45, 7) is -3.04. The Bertz CT molecular complexity index is 2640. The van der Waals surface area contributed by atoms with E-state index in [1.165, 1.54) is 0 Å². The number of furan rings is 1. The van der Waals surface area contributed by atoms with Crippen LogP contribution in [0.1, 0.15) is 24.9 Å². The van der Waals surface area contributed by atoms with Crippen LogP contribution in [0.15, 0.2) is 150 Å². The summed E-state index contributed by atoms with van der Waals surface area (Å²) in [5.74, 6) is 0. The third-order valence-corrected chi connectivity index (χ3v) is 9.13. The van der Waals surface area contributed by atoms with Gasteiger partial charge in [-0.05, 0) is 70.7 Å². The van der Waals surface area contributed by atoms with E-state index in [1.54, 1.807) is 22.9 Å². The summed E-state index contributed by atoms with van der Waals surface area (Å²) in [6.07, 6.45) is 1.60. The Hall–Kier alpha value is -5.73. The molecule has 8 rings (SSSR count). The van der Waals surface area contributed by atoms with Crippen LogP contribution in [0.2, 0.25) is 0 Å². The van der Waals surface area contributed by atoms with Gasteiger partial charge in [0.05, 0.1) is 5.56 Å². The largest absolute Gasteiger partial charge is 0.454 e. The average molecular weight is 613 g/mol. The first kappa shape index (κ1) is 22.7. The van der Waals surface area contributed by atoms with Gasteiger partial charge in [0.25, 0.3) is 0 Å². The number of rotatable bonds is 5. The molecule has 0 N–H and O–H groups in total. The van der Waals surface area contributed by atoms with Crippen LogP contribution in [-0.2, 0) is 7.05 Å². The molecule has 6 aromatic carbocycles. The minimum atomic E-state index is -2.53. The van der Waals surface area contributed by atoms with E-state index in [-0.39, 0.29) is 11.1 Å². The zero-order valence-corrected chi connectivity index (χ0v) is 26.2. The molecule has 0 bridgehead atoms. The summed E-state index contributed by atoms with van der Waals surface area (Å²) in [5.41, 5.74) is 10.5. The molecule has 0 aliphatic carbocycles. The number of aromatic nitrogens is 1. The molecule has 0 spiro atoms. The lowest BCUT2D eigenvalue weighted by atomic mass is 9.91. The van der Waals surface area contributed by atoms with E-state index >= 15 is 0 Å². The fraction of sp³-hybridized carbons (Fsp3) is 0.0889. The highest BCUT2D eigenvalue weighted by molar-refractivity contribution is 6.13. The smallest absolute Gasteiger partial charge is 0.216 e. The third kappa shape index (κ3) is 5.03. The predicted molar refractivity (Wildman–Crippen MR) is 196 cm³/mol. The minimum Gasteiger partial charge on any atom is -0.454 e. The van der Waals surface area contributed by atoms with Crippen LogP contribution in [0.3, 0.4) is 0 Å². The number of aryl methyl sites for hydroxylation is 4. The highest BCUT2D eigenvalue weighted by Crippen LogP contribution is 2.41. The van der Waals surface area contributed by atoms with Gasteiger partial charge in [0.1, 0.15) is 18.2 Å². The maximum absolute atomic E-state index is 8.62. The Morgan fingerprint density at radius 1 is 0.489 bits per heavy atom. The summed E-state index contributed by atoms with van der Waals surface area (Å²) in [5, 5.41) is 1.91. The zero-order chi connectivity index (χ0) is 37.1. The molecule has 226 valence electrons. The first-order valence-corrected chi connectivity index (χ1v) is 15.7. The van der Waals surface area contributed by atoms with Crippen molar-refractivity contribution in [2.45, 2.75) is 20.6 Å². The van der Waals surface area contributed by atoms with Crippen molar-refractivity contribution in [3.8, 4) is 55.8 Å². The van der Waals surface area contributed by atoms with Gasteiger partial charge in [0, 0.05) is 36.2 Å². The van der Waals surface area contributed by atoms with Crippen LogP contribution in [0, 0.1) is 20.6 Å². The molecular formula is C45H36NO+. The maximum Gasteiger partial charge on any atom is 0.216 e. The van der Waals surface area contributed by atoms with Crippen molar-refractivity contribution in [3.63, 3.8) is 0 Å². The Balaban J connectivity index is 1.32. The molecular weight excluding hydrogens is 571 g/mol. The molecule has 0 amide bonds. The van der Waals surface area contributed by atoms with Gasteiger partial charge < -0.3 is 4.42 Å². The summed E-state index contributed by atoms with van der Waals surface area (Å²) >= 11 is 0. The van der Waals surface area contributed by atoms with Gasteiger partial charge in [-0.25, -0.2) is 4.57 Å². The lowest BCUT2D eigenvalue weighted by Crippen LogP contribution is -2.31. The van der Waals surface area contributed by atoms with Crippen LogP contribution in [0.25, 0.3) is 77.7 Å². The molecule has 0 aliphatic rings. The van der Waals surface area contributed by atoms with Gasteiger partial charge in [-0.2, -0.15) is 0 Å². The minimum absolute atomic E-state index is 0.0648. The molecule has 0 fully saturated rings. The van der Waals surface area contributed by atoms with Gasteiger partial charge in [-0.15, -0.1) is 0 Å². The number of fused-ring (bicyclic) bond motifs is 3. The second-order valence-corrected chi connectivity index (χ2v) is 12.1. The molecule has 0 unspecified atom stereocenters. The second kappa shape index (κ2) is 11.6. The maximum atomic E-state index is 8.62. The monoisotopic (exact) mass is 612 g/mol. The van der Waals surface area contributed by atoms with Crippen LogP contribution >= 0.6 is 0 Å². The molecule has 0 radical (unpaired) electrons. The Morgan fingerprint density at radius 2 is 1.13 bits per heavy atom. The summed E-state index contributed by atoms with van der Waals surface area (Å²) < 4.78 is 60.1. The molecule has 0 saturated carbocycles. The molecule has 47 heavy (non-hydrogen) atoms. The number of hydrogen-bond donors (Lipinski definition) is 0. The average Bonchev–Trinajstić information content (AvgIpc) is 3.54. The van der Waals surface area contributed by atoms with E-state index in [2.05, 4.69) is 24.3 Å². The standard InChI is InChI=1S/C45H36NO/c1-29-18-24-40-39-17-11-16-38(35-14-9-6-10-15-35)44(39)47-45(40)43(29)42-27-41(31(3)28-46(42)4)37-25-23-36(26-30(37)2)34-21-19-33(20-22-34)32-12-7-5-8-13-32/h5-28H,1-4H3/q+1/i2D3,3D3. The highest BCUT2D eigenvalue weighted by Gasteiger charge is 2.24. The zero-order valence-electron chi connectivity index (χ0n) is 32.2. The van der Waals surface area contributed by atoms with Gasteiger partial charge in [-0.3, -0.25) is 0 Å². The molecule has 2 aromatic heterocycles. The molecule has 2 nitrogen and oxygen atoms in total. The first-order valence-electron chi connectivity index (χ1n) is 18.7. The van der Waals surface area contributed by atoms with E-state index in [9.17, 15) is 0 Å².